The summed E-state index contributed by atoms with van der Waals surface area (Å²) in [6.07, 6.45) is 1.54. The highest BCUT2D eigenvalue weighted by Crippen LogP contribution is 2.49. The van der Waals surface area contributed by atoms with E-state index in [2.05, 4.69) is 10.6 Å². The second kappa shape index (κ2) is 12.9. The van der Waals surface area contributed by atoms with Crippen molar-refractivity contribution in [2.24, 2.45) is 0 Å². The third kappa shape index (κ3) is 6.83. The number of carboxylic acids is 2. The monoisotopic (exact) mass is 430 g/mol. The number of carboxylic acid groups (broad SMARTS) is 2. The first-order valence-electron chi connectivity index (χ1n) is 8.50. The Balaban J connectivity index is 0.00000105. The van der Waals surface area contributed by atoms with Crippen LogP contribution in [0.5, 0.6) is 17.2 Å². The number of hydrogen-bond donors (Lipinski definition) is 4. The summed E-state index contributed by atoms with van der Waals surface area (Å²) >= 11 is 0. The van der Waals surface area contributed by atoms with Crippen LogP contribution in [0.3, 0.4) is 0 Å². The average molecular weight is 430 g/mol. The van der Waals surface area contributed by atoms with Crippen molar-refractivity contribution in [3.05, 3.63) is 12.3 Å². The summed E-state index contributed by atoms with van der Waals surface area (Å²) in [5, 5.41) is 21.4. The highest BCUT2D eigenvalue weighted by atomic mass is 16.5. The van der Waals surface area contributed by atoms with Gasteiger partial charge in [-0.3, -0.25) is 4.79 Å². The van der Waals surface area contributed by atoms with E-state index in [4.69, 9.17) is 38.4 Å². The van der Waals surface area contributed by atoms with Gasteiger partial charge in [-0.15, -0.1) is 0 Å². The summed E-state index contributed by atoms with van der Waals surface area (Å²) in [5.41, 5.74) is 0.944. The van der Waals surface area contributed by atoms with Crippen LogP contribution in [-0.2, 0) is 14.4 Å². The first-order chi connectivity index (χ1) is 13.8. The molecule has 1 amide bonds. The van der Waals surface area contributed by atoms with Crippen molar-refractivity contribution in [3.63, 3.8) is 0 Å². The number of likely N-dealkylation sites (N-methyl/N-ethyl adjacent to an activating group) is 1. The van der Waals surface area contributed by atoms with Gasteiger partial charge in [0.25, 0.3) is 0 Å². The van der Waals surface area contributed by atoms with Gasteiger partial charge in [-0.05, 0) is 12.6 Å². The fourth-order valence-corrected chi connectivity index (χ4v) is 2.35. The zero-order valence-corrected chi connectivity index (χ0v) is 17.0. The van der Waals surface area contributed by atoms with Gasteiger partial charge >= 0.3 is 11.9 Å². The minimum Gasteiger partial charge on any atom is -0.494 e. The maximum Gasteiger partial charge on any atom is 0.414 e. The summed E-state index contributed by atoms with van der Waals surface area (Å²) in [4.78, 5) is 29.8. The average Bonchev–Trinajstić information content (AvgIpc) is 3.14. The van der Waals surface area contributed by atoms with E-state index in [0.29, 0.717) is 47.1 Å². The third-order valence-corrected chi connectivity index (χ3v) is 3.44. The molecule has 0 bridgehead atoms. The number of carbonyl (C=O) groups excluding carboxylic acids is 1. The molecule has 12 heteroatoms. The van der Waals surface area contributed by atoms with E-state index in [1.54, 1.807) is 6.07 Å². The number of ether oxygens (including phenoxy) is 3. The fraction of sp³-hybridized carbons (Fsp3) is 0.389. The Bertz CT molecular complexity index is 850. The van der Waals surface area contributed by atoms with Crippen molar-refractivity contribution >= 4 is 34.5 Å². The predicted molar refractivity (Wildman–Crippen MR) is 107 cm³/mol. The van der Waals surface area contributed by atoms with E-state index in [1.807, 2.05) is 6.92 Å². The zero-order chi connectivity index (χ0) is 22.0. The van der Waals surface area contributed by atoms with Crippen molar-refractivity contribution < 1.29 is 48.7 Å². The number of nitrogens with one attached hydrogen (secondary N) is 2. The maximum absolute atomic E-state index is 11.6. The number of benzene rings is 1. The Morgan fingerprint density at radius 3 is 2.13 bits per heavy atom. The van der Waals surface area contributed by atoms with Gasteiger partial charge in [0, 0.05) is 13.5 Å². The van der Waals surface area contributed by atoms with Gasteiger partial charge < -0.3 is 45.0 Å². The Morgan fingerprint density at radius 1 is 1.07 bits per heavy atom. The van der Waals surface area contributed by atoms with Crippen LogP contribution >= 0.6 is 0 Å². The number of rotatable bonds is 8. The van der Waals surface area contributed by atoms with Crippen LogP contribution in [0.4, 0.5) is 5.69 Å². The summed E-state index contributed by atoms with van der Waals surface area (Å²) in [7, 11) is 3.06. The number of amides is 1. The lowest BCUT2D eigenvalue weighted by molar-refractivity contribution is -0.159. The zero-order valence-electron chi connectivity index (χ0n) is 17.0. The molecule has 1 aromatic heterocycles. The number of furan rings is 1. The van der Waals surface area contributed by atoms with Crippen molar-refractivity contribution in [1.29, 1.82) is 0 Å². The molecule has 2 aromatic rings. The van der Waals surface area contributed by atoms with E-state index < -0.39 is 11.9 Å². The second-order valence-electron chi connectivity index (χ2n) is 5.43. The molecule has 0 aliphatic rings. The largest absolute Gasteiger partial charge is 0.494 e. The molecular weight excluding hydrogens is 404 g/mol. The van der Waals surface area contributed by atoms with Crippen LogP contribution < -0.4 is 24.8 Å². The van der Waals surface area contributed by atoms with Crippen molar-refractivity contribution in [3.8, 4) is 17.2 Å². The summed E-state index contributed by atoms with van der Waals surface area (Å²) in [6, 6.07) is 1.75. The van der Waals surface area contributed by atoms with Crippen LogP contribution in [0.2, 0.25) is 0 Å². The first kappa shape index (κ1) is 26.5. The molecule has 0 unspecified atom stereocenters. The minimum absolute atomic E-state index is 0. The van der Waals surface area contributed by atoms with Gasteiger partial charge in [-0.25, -0.2) is 9.59 Å². The molecule has 0 saturated carbocycles. The molecule has 2 rings (SSSR count). The number of fused-ring (bicyclic) bond motifs is 1. The van der Waals surface area contributed by atoms with Gasteiger partial charge in [0.15, 0.2) is 17.1 Å². The molecule has 0 fully saturated rings. The van der Waals surface area contributed by atoms with Gasteiger partial charge in [0.05, 0.1) is 25.9 Å². The molecule has 0 aliphatic carbocycles. The fourth-order valence-electron chi connectivity index (χ4n) is 2.35. The summed E-state index contributed by atoms with van der Waals surface area (Å²) in [5.74, 6) is -2.59. The molecule has 1 heterocycles. The number of anilines is 1. The molecule has 0 spiro atoms. The lowest BCUT2D eigenvalue weighted by Crippen LogP contribution is -2.21. The topological polar surface area (TPSA) is 188 Å². The Hall–Kier alpha value is -3.51. The van der Waals surface area contributed by atoms with E-state index in [9.17, 15) is 4.79 Å². The van der Waals surface area contributed by atoms with Crippen LogP contribution in [0.15, 0.2) is 16.7 Å². The molecule has 0 aliphatic heterocycles. The Morgan fingerprint density at radius 2 is 1.67 bits per heavy atom. The molecule has 0 atom stereocenters. The predicted octanol–water partition coefficient (Wildman–Crippen LogP) is 0.728. The molecule has 12 nitrogen and oxygen atoms in total. The van der Waals surface area contributed by atoms with Crippen LogP contribution in [0, 0.1) is 0 Å². The molecule has 0 saturated heterocycles. The SMILES string of the molecule is CCNCCOc1c(NC(C)=O)c(OC)c2ccoc2c1OC.O.O=C(O)C(=O)O. The van der Waals surface area contributed by atoms with Gasteiger partial charge in [0.1, 0.15) is 12.3 Å². The summed E-state index contributed by atoms with van der Waals surface area (Å²) < 4.78 is 22.2. The third-order valence-electron chi connectivity index (χ3n) is 3.44. The van der Waals surface area contributed by atoms with E-state index in [-0.39, 0.29) is 11.4 Å². The standard InChI is InChI=1S/C16H22N2O5.C2H2O4.H2O/c1-5-17-7-9-23-15-12(18-10(2)19)13(20-3)11-6-8-22-14(11)16(15)21-4;3-1(4)2(5)6;/h6,8,17H,5,7,9H2,1-4H3,(H,18,19);(H,3,4)(H,5,6);1H2. The van der Waals surface area contributed by atoms with Crippen molar-refractivity contribution in [1.82, 2.24) is 5.32 Å². The van der Waals surface area contributed by atoms with E-state index in [0.717, 1.165) is 6.54 Å². The lowest BCUT2D eigenvalue weighted by atomic mass is 10.1. The molecule has 30 heavy (non-hydrogen) atoms. The molecule has 6 N–H and O–H groups in total. The van der Waals surface area contributed by atoms with Crippen LogP contribution in [-0.4, -0.2) is 67.5 Å². The maximum atomic E-state index is 11.6. The van der Waals surface area contributed by atoms with Crippen LogP contribution in [0.25, 0.3) is 11.0 Å². The second-order valence-corrected chi connectivity index (χ2v) is 5.43. The first-order valence-corrected chi connectivity index (χ1v) is 8.50. The molecule has 168 valence electrons. The van der Waals surface area contributed by atoms with Crippen molar-refractivity contribution in [2.75, 3.05) is 39.2 Å². The Kier molecular flexibility index (Phi) is 11.3. The molecular formula is C18H26N2O10. The van der Waals surface area contributed by atoms with Crippen molar-refractivity contribution in [2.45, 2.75) is 13.8 Å². The normalized spacial score (nSPS) is 9.60. The quantitative estimate of drug-likeness (QED) is 0.343. The number of methoxy groups -OCH3 is 2. The molecule has 0 radical (unpaired) electrons. The highest BCUT2D eigenvalue weighted by Gasteiger charge is 2.25. The van der Waals surface area contributed by atoms with Gasteiger partial charge in [-0.1, -0.05) is 6.92 Å². The minimum atomic E-state index is -1.82. The summed E-state index contributed by atoms with van der Waals surface area (Å²) in [6.45, 7) is 5.36. The Labute approximate surface area is 172 Å². The van der Waals surface area contributed by atoms with Gasteiger partial charge in [0.2, 0.25) is 11.7 Å². The van der Waals surface area contributed by atoms with Crippen LogP contribution in [0.1, 0.15) is 13.8 Å². The number of aliphatic carboxylic acids is 2. The van der Waals surface area contributed by atoms with E-state index >= 15 is 0 Å². The smallest absolute Gasteiger partial charge is 0.414 e. The number of hydrogen-bond acceptors (Lipinski definition) is 8. The van der Waals surface area contributed by atoms with Gasteiger partial charge in [-0.2, -0.15) is 0 Å². The lowest BCUT2D eigenvalue weighted by Gasteiger charge is -2.19. The number of carbonyl (C=O) groups is 3. The highest BCUT2D eigenvalue weighted by molar-refractivity contribution is 6.27. The molecule has 1 aromatic carbocycles. The van der Waals surface area contributed by atoms with E-state index in [1.165, 1.54) is 27.4 Å².